The molecule has 1 atom stereocenters. The number of hydrogen-bond donors (Lipinski definition) is 3. The molecule has 1 aliphatic heterocycles. The number of nitrogens with zero attached hydrogens (tertiary/aromatic N) is 3. The summed E-state index contributed by atoms with van der Waals surface area (Å²) >= 11 is 0. The van der Waals surface area contributed by atoms with Crippen LogP contribution in [0.1, 0.15) is 35.0 Å². The van der Waals surface area contributed by atoms with Crippen molar-refractivity contribution in [2.24, 2.45) is 0 Å². The van der Waals surface area contributed by atoms with Gasteiger partial charge in [-0.2, -0.15) is 0 Å². The predicted molar refractivity (Wildman–Crippen MR) is 134 cm³/mol. The molecular weight excluding hydrogens is 463 g/mol. The predicted octanol–water partition coefficient (Wildman–Crippen LogP) is 2.83. The first-order valence-corrected chi connectivity index (χ1v) is 10.4. The van der Waals surface area contributed by atoms with Gasteiger partial charge in [-0.1, -0.05) is 36.4 Å². The van der Waals surface area contributed by atoms with E-state index >= 15 is 0 Å². The highest BCUT2D eigenvalue weighted by atomic mass is 35.5. The molecule has 10 heteroatoms. The Balaban J connectivity index is 0.00000193. The van der Waals surface area contributed by atoms with E-state index in [4.69, 9.17) is 5.73 Å². The third-order valence-electron chi connectivity index (χ3n) is 5.58. The van der Waals surface area contributed by atoms with Crippen molar-refractivity contribution >= 4 is 42.4 Å². The number of carbonyl (C=O) groups excluding carboxylic acids is 1. The largest absolute Gasteiger partial charge is 0.384 e. The Morgan fingerprint density at radius 3 is 2.67 bits per heavy atom. The minimum absolute atomic E-state index is 0. The standard InChI is InChI=1S/C23H26N6O2.2ClH/c1-15-17(7-10-20(24)28-15)13-27-22(30)19-9-8-18-14-26-21(23(31)29(18)19)25-12-11-16-5-3-2-4-6-16;;/h2-7,10,14,19H,8-9,11-13H2,1H3,(H2,24,28)(H,25,26)(H,27,30);2*1H/t19-;;/m1../s1. The van der Waals surface area contributed by atoms with E-state index in [0.717, 1.165) is 23.4 Å². The molecular formula is C23H28Cl2N6O2. The van der Waals surface area contributed by atoms with E-state index in [1.807, 2.05) is 43.3 Å². The fourth-order valence-electron chi connectivity index (χ4n) is 3.88. The fraction of sp³-hybridized carbons (Fsp3) is 0.304. The molecule has 0 fully saturated rings. The molecule has 1 aliphatic rings. The first kappa shape index (κ1) is 26.2. The molecule has 176 valence electrons. The lowest BCUT2D eigenvalue weighted by Crippen LogP contribution is -2.36. The zero-order valence-electron chi connectivity index (χ0n) is 18.3. The highest BCUT2D eigenvalue weighted by Gasteiger charge is 2.30. The summed E-state index contributed by atoms with van der Waals surface area (Å²) in [6, 6.07) is 13.1. The topological polar surface area (TPSA) is 115 Å². The average molecular weight is 491 g/mol. The summed E-state index contributed by atoms with van der Waals surface area (Å²) in [7, 11) is 0. The van der Waals surface area contributed by atoms with Crippen molar-refractivity contribution in [1.29, 1.82) is 0 Å². The lowest BCUT2D eigenvalue weighted by molar-refractivity contribution is -0.124. The second-order valence-corrected chi connectivity index (χ2v) is 7.69. The van der Waals surface area contributed by atoms with Crippen LogP contribution in [0.4, 0.5) is 11.6 Å². The van der Waals surface area contributed by atoms with Crippen molar-refractivity contribution in [3.05, 3.63) is 81.5 Å². The second kappa shape index (κ2) is 11.7. The van der Waals surface area contributed by atoms with Crippen molar-refractivity contribution < 1.29 is 4.79 Å². The summed E-state index contributed by atoms with van der Waals surface area (Å²) < 4.78 is 1.57. The van der Waals surface area contributed by atoms with Crippen LogP contribution in [0.25, 0.3) is 0 Å². The molecule has 0 unspecified atom stereocenters. The average Bonchev–Trinajstić information content (AvgIpc) is 3.20. The first-order chi connectivity index (χ1) is 15.0. The summed E-state index contributed by atoms with van der Waals surface area (Å²) in [4.78, 5) is 34.4. The molecule has 1 aromatic carbocycles. The van der Waals surface area contributed by atoms with E-state index in [-0.39, 0.29) is 42.1 Å². The van der Waals surface area contributed by atoms with Gasteiger partial charge in [0.1, 0.15) is 11.9 Å². The molecule has 33 heavy (non-hydrogen) atoms. The van der Waals surface area contributed by atoms with E-state index < -0.39 is 6.04 Å². The number of nitrogens with two attached hydrogens (primary N) is 1. The number of fused-ring (bicyclic) bond motifs is 1. The Labute approximate surface area is 204 Å². The Morgan fingerprint density at radius 2 is 1.94 bits per heavy atom. The maximum Gasteiger partial charge on any atom is 0.294 e. The zero-order chi connectivity index (χ0) is 21.8. The van der Waals surface area contributed by atoms with Crippen LogP contribution in [0, 0.1) is 6.92 Å². The molecule has 0 saturated carbocycles. The summed E-state index contributed by atoms with van der Waals surface area (Å²) in [6.07, 6.45) is 3.69. The molecule has 0 aliphatic carbocycles. The highest BCUT2D eigenvalue weighted by Crippen LogP contribution is 2.24. The van der Waals surface area contributed by atoms with Crippen LogP contribution in [-0.2, 0) is 24.2 Å². The van der Waals surface area contributed by atoms with Crippen molar-refractivity contribution in [3.8, 4) is 0 Å². The number of rotatable bonds is 7. The van der Waals surface area contributed by atoms with Gasteiger partial charge in [0, 0.05) is 30.7 Å². The van der Waals surface area contributed by atoms with Gasteiger partial charge in [-0.25, -0.2) is 9.97 Å². The van der Waals surface area contributed by atoms with Crippen molar-refractivity contribution in [3.63, 3.8) is 0 Å². The number of pyridine rings is 1. The minimum atomic E-state index is -0.540. The maximum atomic E-state index is 13.0. The van der Waals surface area contributed by atoms with Gasteiger partial charge in [0.2, 0.25) is 5.91 Å². The van der Waals surface area contributed by atoms with Crippen molar-refractivity contribution in [1.82, 2.24) is 19.9 Å². The number of aromatic nitrogens is 3. The molecule has 3 aromatic rings. The van der Waals surface area contributed by atoms with Crippen LogP contribution >= 0.6 is 24.8 Å². The van der Waals surface area contributed by atoms with Crippen molar-refractivity contribution in [2.45, 2.75) is 38.8 Å². The summed E-state index contributed by atoms with van der Waals surface area (Å²) in [5.41, 5.74) is 9.06. The smallest absolute Gasteiger partial charge is 0.294 e. The lowest BCUT2D eigenvalue weighted by atomic mass is 10.1. The van der Waals surface area contributed by atoms with Crippen LogP contribution in [0.2, 0.25) is 0 Å². The van der Waals surface area contributed by atoms with E-state index in [1.165, 1.54) is 5.56 Å². The lowest BCUT2D eigenvalue weighted by Gasteiger charge is -2.16. The third-order valence-corrected chi connectivity index (χ3v) is 5.58. The van der Waals surface area contributed by atoms with Gasteiger partial charge in [-0.3, -0.25) is 14.2 Å². The van der Waals surface area contributed by atoms with Crippen LogP contribution in [-0.4, -0.2) is 27.0 Å². The number of nitrogen functional groups attached to an aromatic ring is 1. The summed E-state index contributed by atoms with van der Waals surface area (Å²) in [6.45, 7) is 2.78. The molecule has 3 heterocycles. The molecule has 0 radical (unpaired) electrons. The van der Waals surface area contributed by atoms with Gasteiger partial charge in [0.15, 0.2) is 5.82 Å². The van der Waals surface area contributed by atoms with Gasteiger partial charge < -0.3 is 16.4 Å². The summed E-state index contributed by atoms with van der Waals surface area (Å²) in [5, 5.41) is 6.06. The Hall–Kier alpha value is -3.10. The minimum Gasteiger partial charge on any atom is -0.384 e. The maximum absolute atomic E-state index is 13.0. The van der Waals surface area contributed by atoms with Gasteiger partial charge in [0.05, 0.1) is 0 Å². The quantitative estimate of drug-likeness (QED) is 0.468. The van der Waals surface area contributed by atoms with Gasteiger partial charge in [-0.15, -0.1) is 24.8 Å². The second-order valence-electron chi connectivity index (χ2n) is 7.69. The molecule has 1 amide bonds. The van der Waals surface area contributed by atoms with E-state index in [1.54, 1.807) is 16.8 Å². The summed E-state index contributed by atoms with van der Waals surface area (Å²) in [5.74, 6) is 0.542. The number of halogens is 2. The number of aryl methyl sites for hydroxylation is 2. The molecule has 8 nitrogen and oxygen atoms in total. The van der Waals surface area contributed by atoms with Gasteiger partial charge in [0.25, 0.3) is 5.56 Å². The van der Waals surface area contributed by atoms with Crippen LogP contribution in [0.5, 0.6) is 0 Å². The number of amides is 1. The van der Waals surface area contributed by atoms with E-state index in [9.17, 15) is 9.59 Å². The third kappa shape index (κ3) is 6.03. The molecule has 0 bridgehead atoms. The number of nitrogens with one attached hydrogen (secondary N) is 2. The zero-order valence-corrected chi connectivity index (χ0v) is 19.9. The van der Waals surface area contributed by atoms with Gasteiger partial charge >= 0.3 is 0 Å². The molecule has 0 spiro atoms. The first-order valence-electron chi connectivity index (χ1n) is 10.4. The highest BCUT2D eigenvalue weighted by molar-refractivity contribution is 5.85. The van der Waals surface area contributed by atoms with Crippen LogP contribution in [0.15, 0.2) is 53.5 Å². The SMILES string of the molecule is Cc1nc(N)ccc1CNC(=O)[C@H]1CCc2cnc(NCCc3ccccc3)c(=O)n21.Cl.Cl. The Morgan fingerprint density at radius 1 is 1.18 bits per heavy atom. The fourth-order valence-corrected chi connectivity index (χ4v) is 3.88. The molecule has 0 saturated heterocycles. The van der Waals surface area contributed by atoms with Crippen molar-refractivity contribution in [2.75, 3.05) is 17.6 Å². The molecule has 4 rings (SSSR count). The van der Waals surface area contributed by atoms with Crippen LogP contribution < -0.4 is 21.9 Å². The number of benzene rings is 1. The Kier molecular flexibility index (Phi) is 9.25. The van der Waals surface area contributed by atoms with Gasteiger partial charge in [-0.05, 0) is 43.4 Å². The monoisotopic (exact) mass is 490 g/mol. The Bertz CT molecular complexity index is 1150. The molecule has 2 aromatic heterocycles. The number of hydrogen-bond acceptors (Lipinski definition) is 6. The van der Waals surface area contributed by atoms with E-state index in [0.29, 0.717) is 31.7 Å². The molecule has 4 N–H and O–H groups in total. The number of anilines is 2. The number of carbonyl (C=O) groups is 1. The van der Waals surface area contributed by atoms with E-state index in [2.05, 4.69) is 20.6 Å². The normalized spacial score (nSPS) is 13.9. The van der Waals surface area contributed by atoms with Crippen LogP contribution in [0.3, 0.4) is 0 Å².